The predicted molar refractivity (Wildman–Crippen MR) is 132 cm³/mol. The maximum absolute atomic E-state index is 12.5. The number of urea groups is 1. The molecule has 0 saturated carbocycles. The maximum Gasteiger partial charge on any atom is 0.337 e. The van der Waals surface area contributed by atoms with E-state index in [1.165, 1.54) is 12.7 Å². The lowest BCUT2D eigenvalue weighted by Crippen LogP contribution is -2.31. The predicted octanol–water partition coefficient (Wildman–Crippen LogP) is 5.70. The van der Waals surface area contributed by atoms with Crippen molar-refractivity contribution in [2.75, 3.05) is 24.3 Å². The number of aromatic amines is 1. The summed E-state index contributed by atoms with van der Waals surface area (Å²) < 4.78 is 4.69. The van der Waals surface area contributed by atoms with Crippen LogP contribution < -0.4 is 10.6 Å². The number of hydrogen-bond donors (Lipinski definition) is 3. The lowest BCUT2D eigenvalue weighted by Gasteiger charge is -2.32. The average molecular weight is 447 g/mol. The zero-order chi connectivity index (χ0) is 23.4. The number of H-pyrrole nitrogens is 1. The Hall–Kier alpha value is -3.74. The minimum Gasteiger partial charge on any atom is -0.465 e. The largest absolute Gasteiger partial charge is 0.465 e. The number of carbonyl (C=O) groups excluding carboxylic acids is 2. The summed E-state index contributed by atoms with van der Waals surface area (Å²) in [5, 5.41) is 6.80. The minimum atomic E-state index is -0.415. The van der Waals surface area contributed by atoms with Crippen molar-refractivity contribution in [1.29, 1.82) is 0 Å². The molecule has 2 amide bonds. The minimum absolute atomic E-state index is 0.344. The van der Waals surface area contributed by atoms with Crippen molar-refractivity contribution in [2.24, 2.45) is 0 Å². The molecule has 0 fully saturated rings. The number of ether oxygens (including phenoxy) is 1. The number of esters is 1. The molecule has 172 valence electrons. The van der Waals surface area contributed by atoms with Gasteiger partial charge in [-0.15, -0.1) is 0 Å². The van der Waals surface area contributed by atoms with Crippen LogP contribution in [0.15, 0.2) is 60.9 Å². The van der Waals surface area contributed by atoms with Crippen LogP contribution in [0.4, 0.5) is 16.2 Å². The van der Waals surface area contributed by atoms with Crippen LogP contribution in [-0.4, -0.2) is 41.6 Å². The molecule has 0 spiro atoms. The molecule has 0 aliphatic carbocycles. The van der Waals surface area contributed by atoms with Crippen LogP contribution in [-0.2, 0) is 4.74 Å². The number of amides is 2. The highest BCUT2D eigenvalue weighted by atomic mass is 16.5. The highest BCUT2D eigenvalue weighted by Gasteiger charge is 2.20. The number of anilines is 2. The molecule has 7 nitrogen and oxygen atoms in total. The average Bonchev–Trinajstić information content (AvgIpc) is 3.26. The molecule has 33 heavy (non-hydrogen) atoms. The first kappa shape index (κ1) is 22.5. The lowest BCUT2D eigenvalue weighted by molar-refractivity contribution is 0.0600. The first-order chi connectivity index (χ1) is 16.0. The number of fused-ring (bicyclic) bond motifs is 1. The van der Waals surface area contributed by atoms with E-state index in [1.807, 2.05) is 18.2 Å². The van der Waals surface area contributed by atoms with Gasteiger partial charge in [-0.05, 0) is 74.0 Å². The summed E-state index contributed by atoms with van der Waals surface area (Å²) in [6.45, 7) is 5.51. The van der Waals surface area contributed by atoms with Crippen molar-refractivity contribution in [2.45, 2.75) is 38.6 Å². The van der Waals surface area contributed by atoms with E-state index < -0.39 is 5.97 Å². The number of hydrogen-bond acceptors (Lipinski definition) is 4. The Morgan fingerprint density at radius 2 is 1.88 bits per heavy atom. The van der Waals surface area contributed by atoms with E-state index >= 15 is 0 Å². The van der Waals surface area contributed by atoms with E-state index in [0.29, 0.717) is 28.9 Å². The molecule has 2 unspecified atom stereocenters. The zero-order valence-corrected chi connectivity index (χ0v) is 19.2. The summed E-state index contributed by atoms with van der Waals surface area (Å²) in [5.74, 6) is -0.0709. The normalized spacial score (nSPS) is 16.5. The molecule has 7 heteroatoms. The van der Waals surface area contributed by atoms with Gasteiger partial charge in [0.1, 0.15) is 0 Å². The lowest BCUT2D eigenvalue weighted by atomic mass is 9.92. The second-order valence-electron chi connectivity index (χ2n) is 8.38. The fourth-order valence-corrected chi connectivity index (χ4v) is 4.16. The molecule has 1 aliphatic rings. The third-order valence-corrected chi connectivity index (χ3v) is 6.30. The topological polar surface area (TPSA) is 86.5 Å². The van der Waals surface area contributed by atoms with Crippen LogP contribution >= 0.6 is 0 Å². The zero-order valence-electron chi connectivity index (χ0n) is 19.2. The third kappa shape index (κ3) is 5.03. The third-order valence-electron chi connectivity index (χ3n) is 6.30. The summed E-state index contributed by atoms with van der Waals surface area (Å²) in [7, 11) is 1.33. The molecule has 1 aromatic heterocycles. The Bertz CT molecular complexity index is 1170. The van der Waals surface area contributed by atoms with Gasteiger partial charge in [-0.2, -0.15) is 0 Å². The monoisotopic (exact) mass is 446 g/mol. The van der Waals surface area contributed by atoms with Gasteiger partial charge in [0.2, 0.25) is 0 Å². The van der Waals surface area contributed by atoms with E-state index in [-0.39, 0.29) is 6.03 Å². The number of rotatable bonds is 6. The van der Waals surface area contributed by atoms with Gasteiger partial charge in [-0.1, -0.05) is 13.0 Å². The highest BCUT2D eigenvalue weighted by molar-refractivity contribution is 6.01. The standard InChI is InChI=1S/C26H30N4O3/c1-4-17(2)30-13-11-18(12-14-30)23-16-27-24-10-9-21(15-22(23)24)29-26(32)28-20-7-5-19(6-8-20)25(31)33-3/h5-11,13,15-18,27H,4,12,14H2,1-3H3,(H2,28,29,32). The molecule has 0 saturated heterocycles. The first-order valence-corrected chi connectivity index (χ1v) is 11.3. The Morgan fingerprint density at radius 1 is 1.15 bits per heavy atom. The fourth-order valence-electron chi connectivity index (χ4n) is 4.16. The van der Waals surface area contributed by atoms with Gasteiger partial charge < -0.3 is 25.3 Å². The second kappa shape index (κ2) is 9.81. The Morgan fingerprint density at radius 3 is 2.55 bits per heavy atom. The van der Waals surface area contributed by atoms with Gasteiger partial charge in [0, 0.05) is 47.0 Å². The summed E-state index contributed by atoms with van der Waals surface area (Å²) in [5.41, 5.74) is 4.02. The molecular weight excluding hydrogens is 416 g/mol. The summed E-state index contributed by atoms with van der Waals surface area (Å²) >= 11 is 0. The van der Waals surface area contributed by atoms with Gasteiger partial charge in [0.05, 0.1) is 12.7 Å². The number of allylic oxidation sites excluding steroid dienone is 1. The number of benzene rings is 2. The van der Waals surface area contributed by atoms with Gasteiger partial charge in [-0.3, -0.25) is 0 Å². The number of nitrogens with zero attached hydrogens (tertiary/aromatic N) is 1. The molecular formula is C26H30N4O3. The van der Waals surface area contributed by atoms with Crippen molar-refractivity contribution in [3.63, 3.8) is 0 Å². The highest BCUT2D eigenvalue weighted by Crippen LogP contribution is 2.33. The van der Waals surface area contributed by atoms with Crippen molar-refractivity contribution < 1.29 is 14.3 Å². The van der Waals surface area contributed by atoms with E-state index in [4.69, 9.17) is 4.74 Å². The van der Waals surface area contributed by atoms with E-state index in [0.717, 1.165) is 30.3 Å². The van der Waals surface area contributed by atoms with Gasteiger partial charge in [0.15, 0.2) is 0 Å². The molecule has 3 N–H and O–H groups in total. The van der Waals surface area contributed by atoms with E-state index in [1.54, 1.807) is 24.3 Å². The van der Waals surface area contributed by atoms with Crippen LogP contribution in [0.2, 0.25) is 0 Å². The summed E-state index contributed by atoms with van der Waals surface area (Å²) in [6.07, 6.45) is 8.78. The van der Waals surface area contributed by atoms with Crippen molar-refractivity contribution in [3.05, 3.63) is 72.1 Å². The van der Waals surface area contributed by atoms with Crippen LogP contribution in [0.3, 0.4) is 0 Å². The fraction of sp³-hybridized carbons (Fsp3) is 0.308. The van der Waals surface area contributed by atoms with Crippen LogP contribution in [0.5, 0.6) is 0 Å². The molecule has 2 heterocycles. The Kier molecular flexibility index (Phi) is 6.68. The van der Waals surface area contributed by atoms with Gasteiger partial charge in [-0.25, -0.2) is 9.59 Å². The quantitative estimate of drug-likeness (QED) is 0.424. The van der Waals surface area contributed by atoms with E-state index in [2.05, 4.69) is 52.8 Å². The van der Waals surface area contributed by atoms with Crippen molar-refractivity contribution in [3.8, 4) is 0 Å². The number of carbonyl (C=O) groups is 2. The maximum atomic E-state index is 12.5. The summed E-state index contributed by atoms with van der Waals surface area (Å²) in [6, 6.07) is 12.6. The van der Waals surface area contributed by atoms with E-state index in [9.17, 15) is 9.59 Å². The van der Waals surface area contributed by atoms with Crippen LogP contribution in [0.25, 0.3) is 10.9 Å². The number of methoxy groups -OCH3 is 1. The molecule has 2 atom stereocenters. The molecule has 2 aromatic carbocycles. The number of nitrogens with one attached hydrogen (secondary N) is 3. The SMILES string of the molecule is CCC(C)N1C=CC(c2c[nH]c3ccc(NC(=O)Nc4ccc(C(=O)OC)cc4)cc23)CC1. The van der Waals surface area contributed by atoms with Crippen LogP contribution in [0, 0.1) is 0 Å². The molecule has 1 aliphatic heterocycles. The van der Waals surface area contributed by atoms with Crippen molar-refractivity contribution >= 4 is 34.3 Å². The van der Waals surface area contributed by atoms with Crippen molar-refractivity contribution in [1.82, 2.24) is 9.88 Å². The smallest absolute Gasteiger partial charge is 0.337 e. The molecule has 4 rings (SSSR count). The molecule has 0 bridgehead atoms. The van der Waals surface area contributed by atoms with Crippen LogP contribution in [0.1, 0.15) is 48.5 Å². The molecule has 0 radical (unpaired) electrons. The number of aromatic nitrogens is 1. The first-order valence-electron chi connectivity index (χ1n) is 11.3. The summed E-state index contributed by atoms with van der Waals surface area (Å²) in [4.78, 5) is 29.8. The molecule has 3 aromatic rings. The Labute approximate surface area is 193 Å². The van der Waals surface area contributed by atoms with Gasteiger partial charge in [0.25, 0.3) is 0 Å². The Balaban J connectivity index is 1.45. The second-order valence-corrected chi connectivity index (χ2v) is 8.38. The van der Waals surface area contributed by atoms with Gasteiger partial charge >= 0.3 is 12.0 Å².